The molecule has 7 heteroatoms. The summed E-state index contributed by atoms with van der Waals surface area (Å²) < 4.78 is 0. The van der Waals surface area contributed by atoms with Gasteiger partial charge in [-0.1, -0.05) is 0 Å². The van der Waals surface area contributed by atoms with Gasteiger partial charge >= 0.3 is 6.09 Å². The van der Waals surface area contributed by atoms with E-state index in [1.165, 1.54) is 4.90 Å². The first-order chi connectivity index (χ1) is 9.06. The standard InChI is InChI=1S/C12H17ClN4O2/c1-8-6-15-11(13)16-10(8)14-7-9-2-4-17(5-3-9)12(18)19/h6,9H,2-5,7H2,1H3,(H,18,19)(H,14,15,16). The van der Waals surface area contributed by atoms with Crippen LogP contribution < -0.4 is 5.32 Å². The molecule has 0 aromatic carbocycles. The highest BCUT2D eigenvalue weighted by Crippen LogP contribution is 2.19. The van der Waals surface area contributed by atoms with Gasteiger partial charge in [0, 0.05) is 31.4 Å². The molecule has 0 aliphatic carbocycles. The second-order valence-corrected chi connectivity index (χ2v) is 5.10. The number of hydrogen-bond donors (Lipinski definition) is 2. The number of nitrogens with one attached hydrogen (secondary N) is 1. The summed E-state index contributed by atoms with van der Waals surface area (Å²) in [6.07, 6.45) is 2.60. The second kappa shape index (κ2) is 6.06. The molecule has 2 heterocycles. The monoisotopic (exact) mass is 284 g/mol. The highest BCUT2D eigenvalue weighted by Gasteiger charge is 2.22. The Balaban J connectivity index is 1.83. The van der Waals surface area contributed by atoms with Crippen molar-refractivity contribution in [3.8, 4) is 0 Å². The summed E-state index contributed by atoms with van der Waals surface area (Å²) in [5.41, 5.74) is 0.951. The van der Waals surface area contributed by atoms with Gasteiger partial charge in [0.2, 0.25) is 5.28 Å². The average Bonchev–Trinajstić information content (AvgIpc) is 2.40. The zero-order valence-corrected chi connectivity index (χ0v) is 11.5. The normalized spacial score (nSPS) is 16.4. The summed E-state index contributed by atoms with van der Waals surface area (Å²) in [4.78, 5) is 20.3. The summed E-state index contributed by atoms with van der Waals surface area (Å²) in [6, 6.07) is 0. The highest BCUT2D eigenvalue weighted by molar-refractivity contribution is 6.28. The number of piperidine rings is 1. The molecule has 1 amide bonds. The average molecular weight is 285 g/mol. The van der Waals surface area contributed by atoms with Gasteiger partial charge < -0.3 is 15.3 Å². The number of anilines is 1. The van der Waals surface area contributed by atoms with Crippen molar-refractivity contribution in [2.75, 3.05) is 25.0 Å². The number of rotatable bonds is 3. The molecule has 1 aromatic rings. The molecule has 2 rings (SSSR count). The van der Waals surface area contributed by atoms with Crippen LogP contribution in [-0.4, -0.2) is 45.7 Å². The fourth-order valence-corrected chi connectivity index (χ4v) is 2.30. The van der Waals surface area contributed by atoms with Crippen LogP contribution in [0.3, 0.4) is 0 Å². The van der Waals surface area contributed by atoms with E-state index < -0.39 is 6.09 Å². The maximum absolute atomic E-state index is 10.8. The zero-order chi connectivity index (χ0) is 13.8. The van der Waals surface area contributed by atoms with E-state index in [1.54, 1.807) is 6.20 Å². The molecule has 1 aromatic heterocycles. The maximum Gasteiger partial charge on any atom is 0.407 e. The molecule has 1 saturated heterocycles. The van der Waals surface area contributed by atoms with Crippen molar-refractivity contribution in [2.45, 2.75) is 19.8 Å². The first-order valence-corrected chi connectivity index (χ1v) is 6.65. The third-order valence-corrected chi connectivity index (χ3v) is 3.57. The van der Waals surface area contributed by atoms with Crippen molar-refractivity contribution in [3.05, 3.63) is 17.0 Å². The van der Waals surface area contributed by atoms with Gasteiger partial charge in [-0.2, -0.15) is 0 Å². The Morgan fingerprint density at radius 1 is 1.58 bits per heavy atom. The third kappa shape index (κ3) is 3.70. The number of carboxylic acid groups (broad SMARTS) is 1. The molecule has 0 radical (unpaired) electrons. The van der Waals surface area contributed by atoms with Crippen LogP contribution in [0.4, 0.5) is 10.6 Å². The van der Waals surface area contributed by atoms with Gasteiger partial charge in [0.1, 0.15) is 5.82 Å². The summed E-state index contributed by atoms with van der Waals surface area (Å²) >= 11 is 5.76. The lowest BCUT2D eigenvalue weighted by Crippen LogP contribution is -2.39. The van der Waals surface area contributed by atoms with Gasteiger partial charge in [0.15, 0.2) is 0 Å². The lowest BCUT2D eigenvalue weighted by atomic mass is 9.97. The van der Waals surface area contributed by atoms with Crippen molar-refractivity contribution in [2.24, 2.45) is 5.92 Å². The lowest BCUT2D eigenvalue weighted by molar-refractivity contribution is 0.126. The smallest absolute Gasteiger partial charge is 0.407 e. The zero-order valence-electron chi connectivity index (χ0n) is 10.8. The van der Waals surface area contributed by atoms with Crippen molar-refractivity contribution in [1.82, 2.24) is 14.9 Å². The van der Waals surface area contributed by atoms with E-state index in [0.29, 0.717) is 19.0 Å². The van der Waals surface area contributed by atoms with Crippen molar-refractivity contribution < 1.29 is 9.90 Å². The van der Waals surface area contributed by atoms with Crippen molar-refractivity contribution in [3.63, 3.8) is 0 Å². The van der Waals surface area contributed by atoms with Crippen molar-refractivity contribution >= 4 is 23.5 Å². The highest BCUT2D eigenvalue weighted by atomic mass is 35.5. The molecule has 0 unspecified atom stereocenters. The number of hydrogen-bond acceptors (Lipinski definition) is 4. The fourth-order valence-electron chi connectivity index (χ4n) is 2.17. The van der Waals surface area contributed by atoms with Crippen LogP contribution in [0, 0.1) is 12.8 Å². The molecule has 104 valence electrons. The summed E-state index contributed by atoms with van der Waals surface area (Å²) in [5, 5.41) is 12.4. The number of aryl methyl sites for hydroxylation is 1. The number of halogens is 1. The minimum Gasteiger partial charge on any atom is -0.465 e. The van der Waals surface area contributed by atoms with E-state index in [1.807, 2.05) is 6.92 Å². The molecule has 19 heavy (non-hydrogen) atoms. The summed E-state index contributed by atoms with van der Waals surface area (Å²) in [5.74, 6) is 1.21. The molecule has 1 fully saturated rings. The van der Waals surface area contributed by atoms with Crippen LogP contribution >= 0.6 is 11.6 Å². The van der Waals surface area contributed by atoms with E-state index in [4.69, 9.17) is 16.7 Å². The topological polar surface area (TPSA) is 78.4 Å². The SMILES string of the molecule is Cc1cnc(Cl)nc1NCC1CCN(C(=O)O)CC1. The molecule has 0 saturated carbocycles. The lowest BCUT2D eigenvalue weighted by Gasteiger charge is -2.30. The van der Waals surface area contributed by atoms with Crippen LogP contribution in [-0.2, 0) is 0 Å². The summed E-state index contributed by atoms with van der Waals surface area (Å²) in [7, 11) is 0. The van der Waals surface area contributed by atoms with Gasteiger partial charge in [-0.15, -0.1) is 0 Å². The second-order valence-electron chi connectivity index (χ2n) is 4.76. The molecule has 1 aliphatic heterocycles. The van der Waals surface area contributed by atoms with E-state index >= 15 is 0 Å². The van der Waals surface area contributed by atoms with Crippen LogP contribution in [0.2, 0.25) is 5.28 Å². The Bertz CT molecular complexity index is 461. The van der Waals surface area contributed by atoms with E-state index in [2.05, 4.69) is 15.3 Å². The predicted molar refractivity (Wildman–Crippen MR) is 72.6 cm³/mol. The number of carbonyl (C=O) groups is 1. The minimum atomic E-state index is -0.829. The van der Waals surface area contributed by atoms with Crippen LogP contribution in [0.25, 0.3) is 0 Å². The number of aromatic nitrogens is 2. The quantitative estimate of drug-likeness (QED) is 0.832. The molecule has 0 bridgehead atoms. The molecular weight excluding hydrogens is 268 g/mol. The van der Waals surface area contributed by atoms with Crippen LogP contribution in [0.5, 0.6) is 0 Å². The Kier molecular flexibility index (Phi) is 4.42. The fraction of sp³-hybridized carbons (Fsp3) is 0.583. The predicted octanol–water partition coefficient (Wildman–Crippen LogP) is 2.24. The molecule has 0 spiro atoms. The minimum absolute atomic E-state index is 0.230. The first kappa shape index (κ1) is 13.9. The number of nitrogens with zero attached hydrogens (tertiary/aromatic N) is 3. The Morgan fingerprint density at radius 3 is 2.89 bits per heavy atom. The van der Waals surface area contributed by atoms with Gasteiger partial charge in [0.05, 0.1) is 0 Å². The van der Waals surface area contributed by atoms with Gasteiger partial charge in [0.25, 0.3) is 0 Å². The van der Waals surface area contributed by atoms with Crippen molar-refractivity contribution in [1.29, 1.82) is 0 Å². The number of amides is 1. The molecule has 1 aliphatic rings. The molecule has 0 atom stereocenters. The van der Waals surface area contributed by atoms with Crippen LogP contribution in [0.15, 0.2) is 6.20 Å². The van der Waals surface area contributed by atoms with Gasteiger partial charge in [-0.25, -0.2) is 14.8 Å². The third-order valence-electron chi connectivity index (χ3n) is 3.39. The Labute approximate surface area is 116 Å². The van der Waals surface area contributed by atoms with E-state index in [9.17, 15) is 4.79 Å². The molecule has 6 nitrogen and oxygen atoms in total. The molecular formula is C12H17ClN4O2. The Morgan fingerprint density at radius 2 is 2.26 bits per heavy atom. The summed E-state index contributed by atoms with van der Waals surface area (Å²) in [6.45, 7) is 3.91. The van der Waals surface area contributed by atoms with E-state index in [-0.39, 0.29) is 5.28 Å². The largest absolute Gasteiger partial charge is 0.465 e. The number of likely N-dealkylation sites (tertiary alicyclic amines) is 1. The Hall–Kier alpha value is -1.56. The van der Waals surface area contributed by atoms with Gasteiger partial charge in [-0.05, 0) is 37.3 Å². The van der Waals surface area contributed by atoms with Crippen LogP contribution in [0.1, 0.15) is 18.4 Å². The molecule has 2 N–H and O–H groups in total. The maximum atomic E-state index is 10.8. The van der Waals surface area contributed by atoms with E-state index in [0.717, 1.165) is 30.8 Å². The van der Waals surface area contributed by atoms with Gasteiger partial charge in [-0.3, -0.25) is 0 Å². The first-order valence-electron chi connectivity index (χ1n) is 6.27.